The second-order valence-electron chi connectivity index (χ2n) is 6.81. The minimum absolute atomic E-state index is 0.208. The van der Waals surface area contributed by atoms with Crippen LogP contribution in [0.5, 0.6) is 5.75 Å². The van der Waals surface area contributed by atoms with E-state index in [0.717, 1.165) is 16.7 Å². The maximum absolute atomic E-state index is 13.7. The van der Waals surface area contributed by atoms with Gasteiger partial charge >= 0.3 is 0 Å². The van der Waals surface area contributed by atoms with Crippen LogP contribution in [0.4, 0.5) is 8.78 Å². The van der Waals surface area contributed by atoms with E-state index >= 15 is 0 Å². The molecule has 0 fully saturated rings. The number of methoxy groups -OCH3 is 1. The number of rotatable bonds is 4. The highest BCUT2D eigenvalue weighted by atomic mass is 19.1. The van der Waals surface area contributed by atoms with Gasteiger partial charge in [-0.1, -0.05) is 24.3 Å². The number of aromatic nitrogens is 1. The molecule has 146 valence electrons. The fourth-order valence-electron chi connectivity index (χ4n) is 3.59. The lowest BCUT2D eigenvalue weighted by molar-refractivity contribution is 0.282. The molecule has 0 saturated heterocycles. The molecule has 0 radical (unpaired) electrons. The SMILES string of the molecule is COc1ccc(F)cc1-c1ccc(-c2nc3ccc(F)cc3c(CO)c2C)cc1. The molecular formula is C24H19F2NO2. The Hall–Kier alpha value is -3.31. The van der Waals surface area contributed by atoms with Crippen molar-refractivity contribution in [1.29, 1.82) is 0 Å². The van der Waals surface area contributed by atoms with Gasteiger partial charge in [0.25, 0.3) is 0 Å². The van der Waals surface area contributed by atoms with Crippen LogP contribution in [0, 0.1) is 18.6 Å². The number of ether oxygens (including phenoxy) is 1. The van der Waals surface area contributed by atoms with Gasteiger partial charge in [-0.3, -0.25) is 0 Å². The smallest absolute Gasteiger partial charge is 0.126 e. The Bertz CT molecular complexity index is 1200. The zero-order valence-corrected chi connectivity index (χ0v) is 16.0. The molecule has 0 atom stereocenters. The maximum Gasteiger partial charge on any atom is 0.126 e. The highest BCUT2D eigenvalue weighted by Crippen LogP contribution is 2.34. The molecule has 0 unspecified atom stereocenters. The Morgan fingerprint density at radius 1 is 0.897 bits per heavy atom. The van der Waals surface area contributed by atoms with Crippen molar-refractivity contribution in [3.8, 4) is 28.1 Å². The van der Waals surface area contributed by atoms with Gasteiger partial charge in [0.05, 0.1) is 24.9 Å². The van der Waals surface area contributed by atoms with Crippen molar-refractivity contribution in [2.24, 2.45) is 0 Å². The summed E-state index contributed by atoms with van der Waals surface area (Å²) in [7, 11) is 1.55. The standard InChI is InChI=1S/C24H19F2NO2/c1-14-21(13-28)20-12-17(25)7-9-22(20)27-24(14)16-5-3-15(4-6-16)19-11-18(26)8-10-23(19)29-2/h3-12,28H,13H2,1-2H3. The predicted molar refractivity (Wildman–Crippen MR) is 110 cm³/mol. The molecule has 0 amide bonds. The third kappa shape index (κ3) is 3.45. The van der Waals surface area contributed by atoms with Crippen molar-refractivity contribution in [1.82, 2.24) is 4.98 Å². The Labute approximate surface area is 167 Å². The van der Waals surface area contributed by atoms with Gasteiger partial charge in [0.2, 0.25) is 0 Å². The average Bonchev–Trinajstić information content (AvgIpc) is 2.73. The summed E-state index contributed by atoms with van der Waals surface area (Å²) >= 11 is 0. The molecule has 0 aliphatic heterocycles. The first-order valence-electron chi connectivity index (χ1n) is 9.15. The Balaban J connectivity index is 1.83. The van der Waals surface area contributed by atoms with Crippen molar-refractivity contribution in [3.05, 3.63) is 83.4 Å². The van der Waals surface area contributed by atoms with E-state index in [-0.39, 0.29) is 18.2 Å². The van der Waals surface area contributed by atoms with E-state index in [4.69, 9.17) is 4.74 Å². The first-order chi connectivity index (χ1) is 14.0. The molecule has 1 N–H and O–H groups in total. The first-order valence-corrected chi connectivity index (χ1v) is 9.15. The van der Waals surface area contributed by atoms with Gasteiger partial charge in [-0.15, -0.1) is 0 Å². The average molecular weight is 391 g/mol. The fraction of sp³-hybridized carbons (Fsp3) is 0.125. The minimum atomic E-state index is -0.366. The number of fused-ring (bicyclic) bond motifs is 1. The molecule has 3 aromatic carbocycles. The predicted octanol–water partition coefficient (Wildman–Crippen LogP) is 5.66. The Morgan fingerprint density at radius 2 is 1.55 bits per heavy atom. The highest BCUT2D eigenvalue weighted by Gasteiger charge is 2.14. The van der Waals surface area contributed by atoms with E-state index in [1.54, 1.807) is 19.2 Å². The highest BCUT2D eigenvalue weighted by molar-refractivity contribution is 5.87. The van der Waals surface area contributed by atoms with Gasteiger partial charge in [0.1, 0.15) is 17.4 Å². The quantitative estimate of drug-likeness (QED) is 0.488. The van der Waals surface area contributed by atoms with Crippen LogP contribution in [-0.4, -0.2) is 17.2 Å². The van der Waals surface area contributed by atoms with Crippen molar-refractivity contribution in [3.63, 3.8) is 0 Å². The molecule has 0 aliphatic rings. The summed E-state index contributed by atoms with van der Waals surface area (Å²) < 4.78 is 32.7. The van der Waals surface area contributed by atoms with Crippen LogP contribution in [-0.2, 0) is 6.61 Å². The van der Waals surface area contributed by atoms with Crippen LogP contribution < -0.4 is 4.74 Å². The third-order valence-corrected chi connectivity index (χ3v) is 5.11. The summed E-state index contributed by atoms with van der Waals surface area (Å²) in [6.45, 7) is 1.65. The summed E-state index contributed by atoms with van der Waals surface area (Å²) in [6.07, 6.45) is 0. The zero-order chi connectivity index (χ0) is 20.5. The molecule has 0 spiro atoms. The molecule has 0 aliphatic carbocycles. The normalized spacial score (nSPS) is 11.1. The summed E-state index contributed by atoms with van der Waals surface area (Å²) in [5.41, 5.74) is 5.10. The molecular weight excluding hydrogens is 372 g/mol. The van der Waals surface area contributed by atoms with Crippen molar-refractivity contribution < 1.29 is 18.6 Å². The van der Waals surface area contributed by atoms with Crippen LogP contribution in [0.2, 0.25) is 0 Å². The maximum atomic E-state index is 13.7. The number of pyridine rings is 1. The number of aliphatic hydroxyl groups excluding tert-OH is 1. The largest absolute Gasteiger partial charge is 0.496 e. The van der Waals surface area contributed by atoms with Crippen LogP contribution in [0.25, 0.3) is 33.3 Å². The number of halogens is 2. The minimum Gasteiger partial charge on any atom is -0.496 e. The number of benzene rings is 3. The second kappa shape index (κ2) is 7.60. The second-order valence-corrected chi connectivity index (χ2v) is 6.81. The number of hydrogen-bond donors (Lipinski definition) is 1. The van der Waals surface area contributed by atoms with Gasteiger partial charge in [-0.2, -0.15) is 0 Å². The van der Waals surface area contributed by atoms with E-state index < -0.39 is 0 Å². The lowest BCUT2D eigenvalue weighted by atomic mass is 9.96. The van der Waals surface area contributed by atoms with Gasteiger partial charge in [0.15, 0.2) is 0 Å². The molecule has 0 bridgehead atoms. The summed E-state index contributed by atoms with van der Waals surface area (Å²) in [5, 5.41) is 10.5. The number of nitrogens with zero attached hydrogens (tertiary/aromatic N) is 1. The van der Waals surface area contributed by atoms with E-state index in [0.29, 0.717) is 33.5 Å². The van der Waals surface area contributed by atoms with Crippen molar-refractivity contribution >= 4 is 10.9 Å². The molecule has 3 nitrogen and oxygen atoms in total. The zero-order valence-electron chi connectivity index (χ0n) is 16.0. The van der Waals surface area contributed by atoms with Crippen LogP contribution in [0.15, 0.2) is 60.7 Å². The van der Waals surface area contributed by atoms with Gasteiger partial charge < -0.3 is 9.84 Å². The first kappa shape index (κ1) is 19.0. The molecule has 0 saturated carbocycles. The number of hydrogen-bond acceptors (Lipinski definition) is 3. The lowest BCUT2D eigenvalue weighted by Gasteiger charge is -2.14. The van der Waals surface area contributed by atoms with E-state index in [1.807, 2.05) is 31.2 Å². The Kier molecular flexibility index (Phi) is 4.99. The summed E-state index contributed by atoms with van der Waals surface area (Å²) in [6, 6.07) is 16.3. The Morgan fingerprint density at radius 3 is 2.24 bits per heavy atom. The van der Waals surface area contributed by atoms with Gasteiger partial charge in [-0.05, 0) is 60.0 Å². The topological polar surface area (TPSA) is 42.4 Å². The fourth-order valence-corrected chi connectivity index (χ4v) is 3.59. The van der Waals surface area contributed by atoms with E-state index in [9.17, 15) is 13.9 Å². The van der Waals surface area contributed by atoms with Crippen LogP contribution in [0.1, 0.15) is 11.1 Å². The van der Waals surface area contributed by atoms with Crippen LogP contribution >= 0.6 is 0 Å². The number of aliphatic hydroxyl groups is 1. The van der Waals surface area contributed by atoms with E-state index in [1.165, 1.54) is 24.3 Å². The molecule has 4 rings (SSSR count). The van der Waals surface area contributed by atoms with Crippen molar-refractivity contribution in [2.45, 2.75) is 13.5 Å². The summed E-state index contributed by atoms with van der Waals surface area (Å²) in [4.78, 5) is 4.68. The monoisotopic (exact) mass is 391 g/mol. The molecule has 5 heteroatoms. The third-order valence-electron chi connectivity index (χ3n) is 5.11. The molecule has 29 heavy (non-hydrogen) atoms. The molecule has 4 aromatic rings. The lowest BCUT2D eigenvalue weighted by Crippen LogP contribution is -1.99. The molecule has 1 aromatic heterocycles. The van der Waals surface area contributed by atoms with Crippen molar-refractivity contribution in [2.75, 3.05) is 7.11 Å². The van der Waals surface area contributed by atoms with Gasteiger partial charge in [-0.25, -0.2) is 13.8 Å². The van der Waals surface area contributed by atoms with Crippen LogP contribution in [0.3, 0.4) is 0 Å². The van der Waals surface area contributed by atoms with E-state index in [2.05, 4.69) is 4.98 Å². The van der Waals surface area contributed by atoms with Gasteiger partial charge in [0, 0.05) is 16.5 Å². The summed E-state index contributed by atoms with van der Waals surface area (Å²) in [5.74, 6) is -0.116. The molecule has 1 heterocycles.